The first-order valence-electron chi connectivity index (χ1n) is 9.08. The largest absolute Gasteiger partial charge is 0.298 e. The summed E-state index contributed by atoms with van der Waals surface area (Å²) in [5.41, 5.74) is 7.31. The molecule has 1 aromatic carbocycles. The summed E-state index contributed by atoms with van der Waals surface area (Å²) < 4.78 is 0. The van der Waals surface area contributed by atoms with Crippen LogP contribution in [0.2, 0.25) is 0 Å². The van der Waals surface area contributed by atoms with Crippen molar-refractivity contribution in [1.82, 2.24) is 0 Å². The third-order valence-electron chi connectivity index (χ3n) is 5.20. The van der Waals surface area contributed by atoms with Gasteiger partial charge in [-0.15, -0.1) is 0 Å². The van der Waals surface area contributed by atoms with Gasteiger partial charge in [0.15, 0.2) is 0 Å². The summed E-state index contributed by atoms with van der Waals surface area (Å²) in [5, 5.41) is 0. The van der Waals surface area contributed by atoms with Crippen LogP contribution in [0.5, 0.6) is 0 Å². The second-order valence-electron chi connectivity index (χ2n) is 9.17. The molecule has 1 nitrogen and oxygen atoms in total. The quantitative estimate of drug-likeness (QED) is 0.610. The van der Waals surface area contributed by atoms with Crippen molar-refractivity contribution in [3.05, 3.63) is 70.8 Å². The van der Waals surface area contributed by atoms with E-state index in [0.29, 0.717) is 6.42 Å². The molecule has 0 fully saturated rings. The molecule has 0 bridgehead atoms. The van der Waals surface area contributed by atoms with Crippen LogP contribution in [0.1, 0.15) is 75.3 Å². The van der Waals surface area contributed by atoms with Gasteiger partial charge in [0.2, 0.25) is 0 Å². The minimum atomic E-state index is -0.214. The Morgan fingerprint density at radius 3 is 2.08 bits per heavy atom. The van der Waals surface area contributed by atoms with Gasteiger partial charge in [-0.1, -0.05) is 79.0 Å². The number of hydrogen-bond acceptors (Lipinski definition) is 1. The van der Waals surface area contributed by atoms with E-state index in [1.54, 1.807) is 12.2 Å². The van der Waals surface area contributed by atoms with Gasteiger partial charge in [-0.3, -0.25) is 4.79 Å². The van der Waals surface area contributed by atoms with E-state index in [4.69, 9.17) is 0 Å². The Kier molecular flexibility index (Phi) is 5.01. The first kappa shape index (κ1) is 19.4. The molecule has 1 aliphatic carbocycles. The molecule has 1 heteroatoms. The third kappa shape index (κ3) is 3.42. The Hall–Kier alpha value is -1.89. The lowest BCUT2D eigenvalue weighted by Crippen LogP contribution is -2.21. The van der Waals surface area contributed by atoms with E-state index in [2.05, 4.69) is 67.7 Å². The second kappa shape index (κ2) is 6.44. The van der Waals surface area contributed by atoms with E-state index in [1.165, 1.54) is 27.8 Å². The van der Waals surface area contributed by atoms with E-state index >= 15 is 0 Å². The SMILES string of the molecule is C=C/C=C(\C=C)C1C(=O)Cc2c(C(C)(C)C)cc(C(C)(C)C)c(C)c21. The smallest absolute Gasteiger partial charge is 0.149 e. The highest BCUT2D eigenvalue weighted by molar-refractivity contribution is 5.97. The van der Waals surface area contributed by atoms with Gasteiger partial charge in [-0.05, 0) is 51.1 Å². The van der Waals surface area contributed by atoms with Crippen LogP contribution >= 0.6 is 0 Å². The molecule has 0 radical (unpaired) electrons. The molecule has 0 aliphatic heterocycles. The lowest BCUT2D eigenvalue weighted by Gasteiger charge is -2.31. The van der Waals surface area contributed by atoms with Crippen LogP contribution in [0, 0.1) is 6.92 Å². The number of carbonyl (C=O) groups excluding carboxylic acids is 1. The highest BCUT2D eigenvalue weighted by Gasteiger charge is 2.39. The summed E-state index contributed by atoms with van der Waals surface area (Å²) in [6.07, 6.45) is 5.99. The summed E-state index contributed by atoms with van der Waals surface area (Å²) in [5.74, 6) is 0.0524. The van der Waals surface area contributed by atoms with Crippen LogP contribution < -0.4 is 0 Å². The van der Waals surface area contributed by atoms with Crippen molar-refractivity contribution < 1.29 is 4.79 Å². The lowest BCUT2D eigenvalue weighted by molar-refractivity contribution is -0.118. The molecule has 1 aromatic rings. The van der Waals surface area contributed by atoms with Gasteiger partial charge in [0.1, 0.15) is 5.78 Å². The molecule has 25 heavy (non-hydrogen) atoms. The Balaban J connectivity index is 2.90. The predicted molar refractivity (Wildman–Crippen MR) is 109 cm³/mol. The molecular weight excluding hydrogens is 304 g/mol. The van der Waals surface area contributed by atoms with Gasteiger partial charge < -0.3 is 0 Å². The fraction of sp³-hybridized carbons (Fsp3) is 0.458. The minimum Gasteiger partial charge on any atom is -0.298 e. The van der Waals surface area contributed by atoms with Gasteiger partial charge in [-0.2, -0.15) is 0 Å². The first-order valence-corrected chi connectivity index (χ1v) is 9.08. The molecule has 0 spiro atoms. The van der Waals surface area contributed by atoms with Crippen molar-refractivity contribution in [3.8, 4) is 0 Å². The molecule has 0 aromatic heterocycles. The maximum absolute atomic E-state index is 13.0. The van der Waals surface area contributed by atoms with Crippen LogP contribution in [0.25, 0.3) is 0 Å². The monoisotopic (exact) mass is 336 g/mol. The number of benzene rings is 1. The third-order valence-corrected chi connectivity index (χ3v) is 5.20. The Morgan fingerprint density at radius 2 is 1.64 bits per heavy atom. The highest BCUT2D eigenvalue weighted by atomic mass is 16.1. The zero-order valence-electron chi connectivity index (χ0n) is 16.9. The van der Waals surface area contributed by atoms with Gasteiger partial charge >= 0.3 is 0 Å². The molecule has 0 saturated carbocycles. The number of carbonyl (C=O) groups is 1. The molecule has 1 unspecified atom stereocenters. The summed E-state index contributed by atoms with van der Waals surface area (Å²) >= 11 is 0. The second-order valence-corrected chi connectivity index (χ2v) is 9.17. The van der Waals surface area contributed by atoms with E-state index in [1.807, 2.05) is 6.08 Å². The van der Waals surface area contributed by atoms with E-state index in [9.17, 15) is 4.79 Å². The number of hydrogen-bond donors (Lipinski definition) is 0. The van der Waals surface area contributed by atoms with E-state index in [0.717, 1.165) is 5.57 Å². The average Bonchev–Trinajstić information content (AvgIpc) is 2.80. The van der Waals surface area contributed by atoms with E-state index in [-0.39, 0.29) is 22.5 Å². The minimum absolute atomic E-state index is 0.00342. The molecule has 0 heterocycles. The van der Waals surface area contributed by atoms with Crippen molar-refractivity contribution in [1.29, 1.82) is 0 Å². The summed E-state index contributed by atoms with van der Waals surface area (Å²) in [4.78, 5) is 13.0. The number of ketones is 1. The average molecular weight is 337 g/mol. The summed E-state index contributed by atoms with van der Waals surface area (Å²) in [7, 11) is 0. The molecule has 134 valence electrons. The Bertz CT molecular complexity index is 761. The van der Waals surface area contributed by atoms with Crippen LogP contribution in [0.4, 0.5) is 0 Å². The normalized spacial score (nSPS) is 18.3. The fourth-order valence-corrected chi connectivity index (χ4v) is 4.09. The zero-order chi connectivity index (χ0) is 19.2. The number of fused-ring (bicyclic) bond motifs is 1. The lowest BCUT2D eigenvalue weighted by atomic mass is 9.73. The highest BCUT2D eigenvalue weighted by Crippen LogP contribution is 2.46. The maximum Gasteiger partial charge on any atom is 0.149 e. The molecule has 0 saturated heterocycles. The number of Topliss-reactive ketones (excluding diaryl/α,β-unsaturated/α-hetero) is 1. The Morgan fingerprint density at radius 1 is 1.08 bits per heavy atom. The molecule has 2 rings (SSSR count). The predicted octanol–water partition coefficient (Wildman–Crippen LogP) is 6.10. The van der Waals surface area contributed by atoms with Gasteiger partial charge in [-0.25, -0.2) is 0 Å². The standard InChI is InChI=1S/C24H32O/c1-10-12-16(11-2)22-20(25)13-17-19(24(7,8)9)14-18(23(4,5)6)15(3)21(17)22/h10-12,14,22H,1-2,13H2,3-9H3/b16-12+. The fourth-order valence-electron chi connectivity index (χ4n) is 4.09. The van der Waals surface area contributed by atoms with Crippen molar-refractivity contribution in [2.24, 2.45) is 0 Å². The Labute approximate surface area is 153 Å². The molecule has 0 amide bonds. The van der Waals surface area contributed by atoms with Crippen LogP contribution in [0.15, 0.2) is 43.0 Å². The number of allylic oxidation sites excluding steroid dienone is 4. The van der Waals surface area contributed by atoms with Crippen molar-refractivity contribution in [2.45, 2.75) is 71.6 Å². The van der Waals surface area contributed by atoms with Crippen LogP contribution in [-0.2, 0) is 22.0 Å². The number of rotatable bonds is 3. The van der Waals surface area contributed by atoms with Crippen molar-refractivity contribution in [2.75, 3.05) is 0 Å². The maximum atomic E-state index is 13.0. The first-order chi connectivity index (χ1) is 11.4. The van der Waals surface area contributed by atoms with Crippen LogP contribution in [0.3, 0.4) is 0 Å². The topological polar surface area (TPSA) is 17.1 Å². The molecule has 1 aliphatic rings. The summed E-state index contributed by atoms with van der Waals surface area (Å²) in [6, 6.07) is 2.34. The van der Waals surface area contributed by atoms with Gasteiger partial charge in [0, 0.05) is 6.42 Å². The van der Waals surface area contributed by atoms with Gasteiger partial charge in [0.05, 0.1) is 5.92 Å². The van der Waals surface area contributed by atoms with Crippen molar-refractivity contribution in [3.63, 3.8) is 0 Å². The molecule has 0 N–H and O–H groups in total. The molecule has 1 atom stereocenters. The van der Waals surface area contributed by atoms with E-state index < -0.39 is 0 Å². The van der Waals surface area contributed by atoms with Crippen LogP contribution in [-0.4, -0.2) is 5.78 Å². The zero-order valence-corrected chi connectivity index (χ0v) is 16.9. The van der Waals surface area contributed by atoms with Crippen molar-refractivity contribution >= 4 is 5.78 Å². The summed E-state index contributed by atoms with van der Waals surface area (Å²) in [6.45, 7) is 23.3. The molecular formula is C24H32O. The van der Waals surface area contributed by atoms with Gasteiger partial charge in [0.25, 0.3) is 0 Å².